The minimum absolute atomic E-state index is 0.323. The van der Waals surface area contributed by atoms with E-state index in [1.165, 1.54) is 19.5 Å². The van der Waals surface area contributed by atoms with Gasteiger partial charge >= 0.3 is 0 Å². The van der Waals surface area contributed by atoms with E-state index in [0.717, 1.165) is 0 Å². The van der Waals surface area contributed by atoms with Gasteiger partial charge in [0.05, 0.1) is 17.7 Å². The monoisotopic (exact) mass is 318 g/mol. The largest absolute Gasteiger partial charge is 0.495 e. The van der Waals surface area contributed by atoms with Crippen LogP contribution >= 0.6 is 11.6 Å². The van der Waals surface area contributed by atoms with Gasteiger partial charge in [0.25, 0.3) is 5.91 Å². The van der Waals surface area contributed by atoms with Crippen LogP contribution in [0.4, 0.5) is 11.6 Å². The lowest BCUT2D eigenvalue weighted by Gasteiger charge is -2.08. The maximum Gasteiger partial charge on any atom is 0.258 e. The number of anilines is 2. The zero-order valence-corrected chi connectivity index (χ0v) is 12.7. The summed E-state index contributed by atoms with van der Waals surface area (Å²) >= 11 is 6.01. The highest BCUT2D eigenvalue weighted by Gasteiger charge is 2.09. The Kier molecular flexibility index (Phi) is 5.32. The summed E-state index contributed by atoms with van der Waals surface area (Å²) in [7, 11) is 1.53. The predicted octanol–water partition coefficient (Wildman–Crippen LogP) is 2.99. The van der Waals surface area contributed by atoms with Gasteiger partial charge in [-0.3, -0.25) is 4.79 Å². The molecule has 0 saturated heterocycles. The summed E-state index contributed by atoms with van der Waals surface area (Å²) in [6, 6.07) is 4.99. The summed E-state index contributed by atoms with van der Waals surface area (Å²) in [5.41, 5.74) is 0.903. The van der Waals surface area contributed by atoms with E-state index in [1.54, 1.807) is 24.3 Å². The summed E-state index contributed by atoms with van der Waals surface area (Å²) in [4.78, 5) is 20.2. The first-order valence-electron chi connectivity index (χ1n) is 6.45. The third kappa shape index (κ3) is 3.95. The number of halogens is 1. The van der Waals surface area contributed by atoms with Crippen molar-refractivity contribution < 1.29 is 9.53 Å². The molecule has 0 saturated carbocycles. The number of ether oxygens (including phenoxy) is 1. The van der Waals surface area contributed by atoms with Crippen molar-refractivity contribution in [3.63, 3.8) is 0 Å². The molecule has 0 aliphatic rings. The van der Waals surface area contributed by atoms with Gasteiger partial charge in [-0.2, -0.15) is 0 Å². The molecule has 0 spiro atoms. The second-order valence-electron chi connectivity index (χ2n) is 4.27. The van der Waals surface area contributed by atoms with Crippen LogP contribution in [0.15, 0.2) is 43.2 Å². The molecule has 0 atom stereocenters. The molecular weight excluding hydrogens is 304 g/mol. The van der Waals surface area contributed by atoms with Crippen molar-refractivity contribution in [1.82, 2.24) is 9.97 Å². The van der Waals surface area contributed by atoms with E-state index < -0.39 is 0 Å². The van der Waals surface area contributed by atoms with Gasteiger partial charge in [-0.15, -0.1) is 6.58 Å². The summed E-state index contributed by atoms with van der Waals surface area (Å²) in [6.07, 6.45) is 4.58. The molecule has 6 nitrogen and oxygen atoms in total. The molecule has 1 amide bonds. The van der Waals surface area contributed by atoms with Gasteiger partial charge in [-0.05, 0) is 18.2 Å². The zero-order chi connectivity index (χ0) is 15.9. The van der Waals surface area contributed by atoms with Crippen molar-refractivity contribution in [2.24, 2.45) is 0 Å². The lowest BCUT2D eigenvalue weighted by molar-refractivity contribution is 0.102. The Morgan fingerprint density at radius 1 is 1.41 bits per heavy atom. The Morgan fingerprint density at radius 3 is 2.73 bits per heavy atom. The van der Waals surface area contributed by atoms with E-state index in [2.05, 4.69) is 27.2 Å². The lowest BCUT2D eigenvalue weighted by Crippen LogP contribution is -2.13. The van der Waals surface area contributed by atoms with E-state index in [4.69, 9.17) is 16.3 Å². The number of rotatable bonds is 6. The molecule has 1 aromatic heterocycles. The van der Waals surface area contributed by atoms with E-state index in [-0.39, 0.29) is 5.91 Å². The van der Waals surface area contributed by atoms with Crippen LogP contribution in [0.5, 0.6) is 5.75 Å². The van der Waals surface area contributed by atoms with Crippen LogP contribution in [0.3, 0.4) is 0 Å². The van der Waals surface area contributed by atoms with Gasteiger partial charge in [0.2, 0.25) is 5.95 Å². The predicted molar refractivity (Wildman–Crippen MR) is 86.7 cm³/mol. The molecule has 1 aromatic carbocycles. The van der Waals surface area contributed by atoms with Crippen LogP contribution in [-0.2, 0) is 0 Å². The van der Waals surface area contributed by atoms with Gasteiger partial charge in [-0.1, -0.05) is 17.7 Å². The molecule has 7 heteroatoms. The fourth-order valence-electron chi connectivity index (χ4n) is 1.65. The Labute approximate surface area is 133 Å². The number of carbonyl (C=O) groups excluding carboxylic acids is 1. The van der Waals surface area contributed by atoms with Gasteiger partial charge in [-0.25, -0.2) is 9.97 Å². The molecule has 0 radical (unpaired) electrons. The number of methoxy groups -OCH3 is 1. The van der Waals surface area contributed by atoms with Crippen LogP contribution in [0.1, 0.15) is 10.4 Å². The Balaban J connectivity index is 2.05. The normalized spacial score (nSPS) is 9.91. The fourth-order valence-corrected chi connectivity index (χ4v) is 1.91. The van der Waals surface area contributed by atoms with E-state index in [9.17, 15) is 4.79 Å². The number of nitrogens with zero attached hydrogens (tertiary/aromatic N) is 2. The highest BCUT2D eigenvalue weighted by Crippen LogP contribution is 2.27. The average Bonchev–Trinajstić information content (AvgIpc) is 2.53. The van der Waals surface area contributed by atoms with Crippen LogP contribution in [0, 0.1) is 0 Å². The first-order chi connectivity index (χ1) is 10.6. The van der Waals surface area contributed by atoms with Crippen LogP contribution in [0.2, 0.25) is 5.02 Å². The molecule has 1 heterocycles. The Bertz CT molecular complexity index is 674. The average molecular weight is 319 g/mol. The molecule has 0 fully saturated rings. The maximum atomic E-state index is 12.1. The third-order valence-corrected chi connectivity index (χ3v) is 3.02. The van der Waals surface area contributed by atoms with Crippen molar-refractivity contribution in [2.75, 3.05) is 24.3 Å². The molecular formula is C15H15ClN4O2. The van der Waals surface area contributed by atoms with Crippen molar-refractivity contribution in [2.45, 2.75) is 0 Å². The maximum absolute atomic E-state index is 12.1. The summed E-state index contributed by atoms with van der Waals surface area (Å²) in [6.45, 7) is 4.14. The van der Waals surface area contributed by atoms with E-state index >= 15 is 0 Å². The molecule has 2 aromatic rings. The highest BCUT2D eigenvalue weighted by atomic mass is 35.5. The standard InChI is InChI=1S/C15H15ClN4O2/c1-3-6-17-15-18-8-10(9-19-15)14(21)20-11-4-5-13(22-2)12(16)7-11/h3-5,7-9H,1,6H2,2H3,(H,20,21)(H,17,18,19). The van der Waals surface area contributed by atoms with Gasteiger partial charge in [0.15, 0.2) is 0 Å². The van der Waals surface area contributed by atoms with Gasteiger partial charge in [0, 0.05) is 24.6 Å². The third-order valence-electron chi connectivity index (χ3n) is 2.73. The first kappa shape index (κ1) is 15.8. The van der Waals surface area contributed by atoms with E-state index in [1.807, 2.05) is 0 Å². The minimum atomic E-state index is -0.323. The number of carbonyl (C=O) groups is 1. The summed E-state index contributed by atoms with van der Waals surface area (Å²) in [5, 5.41) is 6.06. The Hall–Kier alpha value is -2.60. The molecule has 0 unspecified atom stereocenters. The smallest absolute Gasteiger partial charge is 0.258 e. The zero-order valence-electron chi connectivity index (χ0n) is 12.0. The molecule has 114 valence electrons. The SMILES string of the molecule is C=CCNc1ncc(C(=O)Nc2ccc(OC)c(Cl)c2)cn1. The number of nitrogens with one attached hydrogen (secondary N) is 2. The van der Waals surface area contributed by atoms with Crippen LogP contribution in [-0.4, -0.2) is 29.5 Å². The highest BCUT2D eigenvalue weighted by molar-refractivity contribution is 6.32. The molecule has 2 rings (SSSR count). The number of benzene rings is 1. The van der Waals surface area contributed by atoms with Gasteiger partial charge in [0.1, 0.15) is 5.75 Å². The second-order valence-corrected chi connectivity index (χ2v) is 4.68. The van der Waals surface area contributed by atoms with Gasteiger partial charge < -0.3 is 15.4 Å². The van der Waals surface area contributed by atoms with Crippen molar-refractivity contribution in [1.29, 1.82) is 0 Å². The molecule has 2 N–H and O–H groups in total. The molecule has 0 bridgehead atoms. The van der Waals surface area contributed by atoms with E-state index in [0.29, 0.717) is 34.5 Å². The molecule has 0 aliphatic carbocycles. The summed E-state index contributed by atoms with van der Waals surface area (Å²) < 4.78 is 5.06. The molecule has 22 heavy (non-hydrogen) atoms. The number of hydrogen-bond donors (Lipinski definition) is 2. The van der Waals surface area contributed by atoms with Crippen molar-refractivity contribution >= 4 is 29.1 Å². The van der Waals surface area contributed by atoms with Crippen molar-refractivity contribution in [3.05, 3.63) is 53.8 Å². The topological polar surface area (TPSA) is 76.1 Å². The first-order valence-corrected chi connectivity index (χ1v) is 6.83. The minimum Gasteiger partial charge on any atom is -0.495 e. The van der Waals surface area contributed by atoms with Crippen molar-refractivity contribution in [3.8, 4) is 5.75 Å². The van der Waals surface area contributed by atoms with Crippen LogP contribution in [0.25, 0.3) is 0 Å². The summed E-state index contributed by atoms with van der Waals surface area (Å²) in [5.74, 6) is 0.654. The number of hydrogen-bond acceptors (Lipinski definition) is 5. The molecule has 0 aliphatic heterocycles. The Morgan fingerprint density at radius 2 is 2.14 bits per heavy atom. The van der Waals surface area contributed by atoms with Crippen LogP contribution < -0.4 is 15.4 Å². The lowest BCUT2D eigenvalue weighted by atomic mass is 10.2. The quantitative estimate of drug-likeness (QED) is 0.801. The number of aromatic nitrogens is 2. The fraction of sp³-hybridized carbons (Fsp3) is 0.133. The second kappa shape index (κ2) is 7.42. The number of amides is 1.